The maximum Gasteiger partial charge on any atom is 0.461 e. The lowest BCUT2D eigenvalue weighted by atomic mass is 10.1. The molecule has 0 aliphatic carbocycles. The Hall–Kier alpha value is -4.54. The van der Waals surface area contributed by atoms with Gasteiger partial charge in [0.25, 0.3) is 5.76 Å². The summed E-state index contributed by atoms with van der Waals surface area (Å²) in [4.78, 5) is 63.1. The number of ether oxygens (including phenoxy) is 6. The predicted molar refractivity (Wildman–Crippen MR) is 168 cm³/mol. The molecule has 0 aromatic carbocycles. The summed E-state index contributed by atoms with van der Waals surface area (Å²) in [6.07, 6.45) is -10.1. The van der Waals surface area contributed by atoms with Crippen molar-refractivity contribution in [3.8, 4) is 0 Å². The molecule has 54 heavy (non-hydrogen) atoms. The number of Topliss-reactive ketones (excluding diaryl/α,β-unsaturated/α-hetero) is 2. The Morgan fingerprint density at radius 1 is 0.611 bits per heavy atom. The van der Waals surface area contributed by atoms with Crippen molar-refractivity contribution in [2.24, 2.45) is 0 Å². The minimum absolute atomic E-state index is 0. The van der Waals surface area contributed by atoms with Crippen molar-refractivity contribution in [2.75, 3.05) is 39.6 Å². The van der Waals surface area contributed by atoms with Gasteiger partial charge in [-0.15, -0.1) is 13.2 Å². The van der Waals surface area contributed by atoms with Crippen LogP contribution in [0.1, 0.15) is 41.5 Å². The van der Waals surface area contributed by atoms with Crippen molar-refractivity contribution in [2.45, 2.75) is 64.9 Å². The summed E-state index contributed by atoms with van der Waals surface area (Å²) in [6.45, 7) is 13.8. The molecule has 0 saturated heterocycles. The van der Waals surface area contributed by atoms with E-state index in [1.54, 1.807) is 0 Å². The Morgan fingerprint density at radius 3 is 1.31 bits per heavy atom. The number of hydrogen-bond donors (Lipinski definition) is 0. The Labute approximate surface area is 307 Å². The molecule has 0 fully saturated rings. The molecule has 24 heteroatoms. The van der Waals surface area contributed by atoms with Crippen LogP contribution in [0, 0.1) is 0 Å². The molecule has 1 unspecified atom stereocenters. The average molecular weight is 837 g/mol. The molecule has 0 aliphatic heterocycles. The molecule has 1 atom stereocenters. The van der Waals surface area contributed by atoms with Crippen LogP contribution in [0.25, 0.3) is 0 Å². The van der Waals surface area contributed by atoms with E-state index in [2.05, 4.69) is 48.2 Å². The van der Waals surface area contributed by atoms with Crippen LogP contribution >= 0.6 is 11.6 Å². The molecular weight excluding hydrogens is 797 g/mol. The van der Waals surface area contributed by atoms with Gasteiger partial charge in [0.2, 0.25) is 0 Å². The molecule has 0 spiro atoms. The standard InChI is InChI=1S/C8H10ClF3O3.2C8H10F2O3.C5H5F3O3.CH4.FH/c1-3-5-15-7(9,8(10,11)12)6(13)14-4-2;1-3-5-13-6(7(9)10)8(11)12-4-2;1-3-5-8(9,10)6(11)7(12)13-4-2;1-2-11-4(10)3(9)5(6,7)8;;/h3H,1,4-5H2,2H3;2*3H,1,4-5H2,2H3;2H2,1H3;1H4;1H. The van der Waals surface area contributed by atoms with Gasteiger partial charge in [-0.1, -0.05) is 43.8 Å². The van der Waals surface area contributed by atoms with Gasteiger partial charge < -0.3 is 28.4 Å². The molecule has 0 amide bonds. The molecule has 0 saturated carbocycles. The summed E-state index contributed by atoms with van der Waals surface area (Å²) in [6, 6.07) is 0. The number of hydrogen-bond acceptors (Lipinski definition) is 12. The van der Waals surface area contributed by atoms with E-state index in [0.29, 0.717) is 0 Å². The fourth-order valence-corrected chi connectivity index (χ4v) is 2.23. The highest BCUT2D eigenvalue weighted by molar-refractivity contribution is 6.36. The second-order valence-electron chi connectivity index (χ2n) is 8.12. The molecule has 0 N–H and O–H groups in total. The summed E-state index contributed by atoms with van der Waals surface area (Å²) >= 11 is 5.05. The van der Waals surface area contributed by atoms with E-state index in [1.807, 2.05) is 0 Å². The van der Waals surface area contributed by atoms with Gasteiger partial charge >= 0.3 is 64.9 Å². The lowest BCUT2D eigenvalue weighted by Crippen LogP contribution is -2.50. The number of carbonyl (C=O) groups excluding carboxylic acids is 6. The molecule has 316 valence electrons. The molecule has 0 aromatic heterocycles. The first-order valence-electron chi connectivity index (χ1n) is 13.9. The highest BCUT2D eigenvalue weighted by Gasteiger charge is 2.62. The fraction of sp³-hybridized carbons (Fsp3) is 0.533. The van der Waals surface area contributed by atoms with E-state index in [1.165, 1.54) is 33.8 Å². The third-order valence-electron chi connectivity index (χ3n) is 4.19. The summed E-state index contributed by atoms with van der Waals surface area (Å²) in [5.74, 6) is -15.3. The Morgan fingerprint density at radius 2 is 1.00 bits per heavy atom. The van der Waals surface area contributed by atoms with Gasteiger partial charge in [-0.2, -0.15) is 43.9 Å². The van der Waals surface area contributed by atoms with Gasteiger partial charge in [0, 0.05) is 6.42 Å². The van der Waals surface area contributed by atoms with Crippen LogP contribution in [0.15, 0.2) is 49.8 Å². The average Bonchev–Trinajstić information content (AvgIpc) is 3.03. The third-order valence-corrected chi connectivity index (χ3v) is 4.67. The smallest absolute Gasteiger partial charge is 0.461 e. The zero-order chi connectivity index (χ0) is 41.9. The third kappa shape index (κ3) is 25.4. The largest absolute Gasteiger partial charge is 0.479 e. The van der Waals surface area contributed by atoms with E-state index in [0.717, 1.165) is 12.2 Å². The zero-order valence-corrected chi connectivity index (χ0v) is 29.0. The lowest BCUT2D eigenvalue weighted by molar-refractivity contribution is -0.244. The van der Waals surface area contributed by atoms with Gasteiger partial charge in [0.05, 0.1) is 33.0 Å². The van der Waals surface area contributed by atoms with E-state index >= 15 is 0 Å². The molecule has 0 aromatic rings. The maximum atomic E-state index is 12.7. The van der Waals surface area contributed by atoms with E-state index in [-0.39, 0.29) is 45.2 Å². The number of allylic oxidation sites excluding steroid dienone is 1. The number of esters is 4. The van der Waals surface area contributed by atoms with Gasteiger partial charge in [-0.25, -0.2) is 19.2 Å². The van der Waals surface area contributed by atoms with Crippen molar-refractivity contribution in [1.82, 2.24) is 0 Å². The van der Waals surface area contributed by atoms with Crippen LogP contribution < -0.4 is 0 Å². The summed E-state index contributed by atoms with van der Waals surface area (Å²) in [5.41, 5.74) is 0. The molecule has 0 heterocycles. The number of ketones is 2. The first-order valence-corrected chi connectivity index (χ1v) is 14.3. The number of carbonyl (C=O) groups is 6. The number of halogens is 12. The van der Waals surface area contributed by atoms with Crippen LogP contribution in [0.3, 0.4) is 0 Å². The molecule has 0 radical (unpaired) electrons. The van der Waals surface area contributed by atoms with E-state index in [4.69, 9.17) is 11.6 Å². The SMILES string of the molecule is C.C=CCC(F)(F)C(=O)C(=O)OCC.C=CCOC(C(=O)OCC)=C(F)F.C=CCOC(Cl)(C(=O)OCC)C(F)(F)F.CCOC(=O)C(=O)C(F)(F)F.F. The quantitative estimate of drug-likeness (QED) is 0.0218. The lowest BCUT2D eigenvalue weighted by Gasteiger charge is -2.26. The first kappa shape index (κ1) is 61.5. The fourth-order valence-electron chi connectivity index (χ4n) is 2.12. The van der Waals surface area contributed by atoms with Crippen molar-refractivity contribution < 1.29 is 106 Å². The molecule has 0 rings (SSSR count). The van der Waals surface area contributed by atoms with Crippen LogP contribution in [-0.2, 0) is 57.2 Å². The molecule has 0 aliphatic rings. The highest BCUT2D eigenvalue weighted by atomic mass is 35.5. The van der Waals surface area contributed by atoms with Crippen LogP contribution in [0.2, 0.25) is 0 Å². The first-order chi connectivity index (χ1) is 23.8. The minimum atomic E-state index is -5.13. The van der Waals surface area contributed by atoms with Gasteiger partial charge in [0.15, 0.2) is 0 Å². The van der Waals surface area contributed by atoms with Crippen molar-refractivity contribution in [1.29, 1.82) is 0 Å². The van der Waals surface area contributed by atoms with Gasteiger partial charge in [0.1, 0.15) is 6.61 Å². The summed E-state index contributed by atoms with van der Waals surface area (Å²) in [5, 5.41) is -3.46. The summed E-state index contributed by atoms with van der Waals surface area (Å²) < 4.78 is 146. The number of rotatable bonds is 17. The van der Waals surface area contributed by atoms with Gasteiger partial charge in [-0.05, 0) is 27.7 Å². The second-order valence-corrected chi connectivity index (χ2v) is 8.65. The van der Waals surface area contributed by atoms with Crippen LogP contribution in [0.5, 0.6) is 0 Å². The maximum absolute atomic E-state index is 12.7. The number of alkyl halides is 9. The normalized spacial score (nSPS) is 11.2. The van der Waals surface area contributed by atoms with Crippen LogP contribution in [-0.4, -0.2) is 98.4 Å². The minimum Gasteiger partial charge on any atom is -0.479 e. The Balaban J connectivity index is -0.000000141. The zero-order valence-electron chi connectivity index (χ0n) is 28.3. The monoisotopic (exact) mass is 836 g/mol. The van der Waals surface area contributed by atoms with Crippen molar-refractivity contribution in [3.05, 3.63) is 49.8 Å². The highest BCUT2D eigenvalue weighted by Crippen LogP contribution is 2.38. The Bertz CT molecular complexity index is 1230. The molecule has 12 nitrogen and oxygen atoms in total. The summed E-state index contributed by atoms with van der Waals surface area (Å²) in [7, 11) is 0. The predicted octanol–water partition coefficient (Wildman–Crippen LogP) is 6.91. The van der Waals surface area contributed by atoms with E-state index < -0.39 is 83.6 Å². The molecule has 0 bridgehead atoms. The second kappa shape index (κ2) is 30.9. The van der Waals surface area contributed by atoms with Crippen molar-refractivity contribution >= 4 is 47.0 Å². The van der Waals surface area contributed by atoms with Gasteiger partial charge in [-0.3, -0.25) is 14.3 Å². The van der Waals surface area contributed by atoms with Crippen molar-refractivity contribution in [3.63, 3.8) is 0 Å². The molecular formula is C30H40ClF11O12. The topological polar surface area (TPSA) is 158 Å². The van der Waals surface area contributed by atoms with Crippen LogP contribution in [0.4, 0.5) is 48.6 Å². The van der Waals surface area contributed by atoms with E-state index in [9.17, 15) is 72.7 Å². The Kier molecular flexibility index (Phi) is 35.2.